The number of imide groups is 1. The summed E-state index contributed by atoms with van der Waals surface area (Å²) in [5.74, 6) is -0.893. The van der Waals surface area contributed by atoms with Crippen molar-refractivity contribution in [1.29, 1.82) is 0 Å². The number of halogens is 1. The highest BCUT2D eigenvalue weighted by molar-refractivity contribution is 6.07. The standard InChI is InChI=1S/C25H26FN5O3/c26-18-9-7-17(8-10-18)20(15-30-16-27-19-5-1-2-6-21(19)30)28-22(32)11-14-31-23(33)25(29-24(31)34)12-3-4-13-25/h1-2,5-10,16,20H,3-4,11-15H2,(H,28,32)(H,29,34). The Balaban J connectivity index is 1.29. The van der Waals surface area contributed by atoms with Gasteiger partial charge in [0.25, 0.3) is 5.91 Å². The van der Waals surface area contributed by atoms with Crippen LogP contribution in [0.3, 0.4) is 0 Å². The van der Waals surface area contributed by atoms with E-state index in [0.29, 0.717) is 19.4 Å². The third kappa shape index (κ3) is 4.13. The van der Waals surface area contributed by atoms with Crippen LogP contribution in [-0.2, 0) is 16.1 Å². The fraction of sp³-hybridized carbons (Fsp3) is 0.360. The predicted octanol–water partition coefficient (Wildman–Crippen LogP) is 3.29. The zero-order valence-corrected chi connectivity index (χ0v) is 18.7. The van der Waals surface area contributed by atoms with E-state index < -0.39 is 17.6 Å². The maximum atomic E-state index is 13.5. The van der Waals surface area contributed by atoms with Gasteiger partial charge in [-0.2, -0.15) is 0 Å². The molecule has 2 aliphatic rings. The summed E-state index contributed by atoms with van der Waals surface area (Å²) in [7, 11) is 0. The Labute approximate surface area is 196 Å². The minimum absolute atomic E-state index is 0.0163. The SMILES string of the molecule is O=C(CCN1C(=O)NC2(CCCC2)C1=O)NC(Cn1cnc2ccccc21)c1ccc(F)cc1. The van der Waals surface area contributed by atoms with Gasteiger partial charge in [-0.3, -0.25) is 14.5 Å². The molecule has 1 unspecified atom stereocenters. The van der Waals surface area contributed by atoms with Gasteiger partial charge < -0.3 is 15.2 Å². The van der Waals surface area contributed by atoms with Crippen molar-refractivity contribution in [3.05, 3.63) is 66.2 Å². The molecule has 34 heavy (non-hydrogen) atoms. The largest absolute Gasteiger partial charge is 0.347 e. The zero-order chi connectivity index (χ0) is 23.7. The van der Waals surface area contributed by atoms with Gasteiger partial charge in [-0.25, -0.2) is 14.2 Å². The van der Waals surface area contributed by atoms with Crippen molar-refractivity contribution in [3.8, 4) is 0 Å². The molecule has 1 spiro atoms. The number of fused-ring (bicyclic) bond motifs is 1. The molecule has 2 aromatic carbocycles. The number of para-hydroxylation sites is 2. The van der Waals surface area contributed by atoms with Crippen LogP contribution in [0.2, 0.25) is 0 Å². The van der Waals surface area contributed by atoms with E-state index in [-0.39, 0.29) is 30.6 Å². The van der Waals surface area contributed by atoms with Crippen molar-refractivity contribution in [3.63, 3.8) is 0 Å². The number of hydrogen-bond donors (Lipinski definition) is 2. The summed E-state index contributed by atoms with van der Waals surface area (Å²) >= 11 is 0. The molecule has 176 valence electrons. The normalized spacial score (nSPS) is 18.0. The summed E-state index contributed by atoms with van der Waals surface area (Å²) in [5.41, 5.74) is 1.72. The molecule has 1 aliphatic carbocycles. The average Bonchev–Trinajstić information content (AvgIpc) is 3.52. The van der Waals surface area contributed by atoms with Crippen molar-refractivity contribution in [2.45, 2.75) is 50.2 Å². The van der Waals surface area contributed by atoms with E-state index in [2.05, 4.69) is 15.6 Å². The van der Waals surface area contributed by atoms with E-state index >= 15 is 0 Å². The molecule has 2 heterocycles. The third-order valence-electron chi connectivity index (χ3n) is 6.78. The molecular formula is C25H26FN5O3. The number of nitrogens with zero attached hydrogens (tertiary/aromatic N) is 3. The van der Waals surface area contributed by atoms with Crippen LogP contribution < -0.4 is 10.6 Å². The number of benzene rings is 2. The van der Waals surface area contributed by atoms with Crippen LogP contribution in [0.4, 0.5) is 9.18 Å². The van der Waals surface area contributed by atoms with E-state index in [0.717, 1.165) is 34.3 Å². The Kier molecular flexibility index (Phi) is 5.77. The van der Waals surface area contributed by atoms with Gasteiger partial charge in [0.15, 0.2) is 0 Å². The first kappa shape index (κ1) is 22.1. The summed E-state index contributed by atoms with van der Waals surface area (Å²) in [6, 6.07) is 12.8. The van der Waals surface area contributed by atoms with Crippen molar-refractivity contribution in [2.75, 3.05) is 6.54 Å². The highest BCUT2D eigenvalue weighted by Crippen LogP contribution is 2.35. The smallest absolute Gasteiger partial charge is 0.325 e. The maximum Gasteiger partial charge on any atom is 0.325 e. The summed E-state index contributed by atoms with van der Waals surface area (Å²) in [6.07, 6.45) is 4.79. The third-order valence-corrected chi connectivity index (χ3v) is 6.78. The molecule has 2 N–H and O–H groups in total. The Morgan fingerprint density at radius 1 is 1.12 bits per heavy atom. The van der Waals surface area contributed by atoms with Crippen LogP contribution in [0.25, 0.3) is 11.0 Å². The van der Waals surface area contributed by atoms with E-state index in [9.17, 15) is 18.8 Å². The van der Waals surface area contributed by atoms with Gasteiger partial charge >= 0.3 is 6.03 Å². The van der Waals surface area contributed by atoms with E-state index in [4.69, 9.17) is 0 Å². The Morgan fingerprint density at radius 2 is 1.85 bits per heavy atom. The number of amides is 4. The monoisotopic (exact) mass is 463 g/mol. The van der Waals surface area contributed by atoms with Gasteiger partial charge in [0, 0.05) is 19.5 Å². The lowest BCUT2D eigenvalue weighted by molar-refractivity contribution is -0.131. The molecule has 8 nitrogen and oxygen atoms in total. The predicted molar refractivity (Wildman–Crippen MR) is 123 cm³/mol. The van der Waals surface area contributed by atoms with E-state index in [1.54, 1.807) is 18.5 Å². The Bertz CT molecular complexity index is 1230. The lowest BCUT2D eigenvalue weighted by Gasteiger charge is -2.22. The number of carbonyl (C=O) groups is 3. The van der Waals surface area contributed by atoms with Gasteiger partial charge in [-0.05, 0) is 42.7 Å². The summed E-state index contributed by atoms with van der Waals surface area (Å²) in [6.45, 7) is 0.409. The van der Waals surface area contributed by atoms with Crippen LogP contribution in [0.5, 0.6) is 0 Å². The first-order valence-corrected chi connectivity index (χ1v) is 11.5. The number of aromatic nitrogens is 2. The second kappa shape index (κ2) is 8.89. The number of hydrogen-bond acceptors (Lipinski definition) is 4. The van der Waals surface area contributed by atoms with Gasteiger partial charge in [0.1, 0.15) is 11.4 Å². The molecule has 2 fully saturated rings. The number of nitrogens with one attached hydrogen (secondary N) is 2. The molecule has 5 rings (SSSR count). The summed E-state index contributed by atoms with van der Waals surface area (Å²) in [5, 5.41) is 5.82. The van der Waals surface area contributed by atoms with Crippen LogP contribution >= 0.6 is 0 Å². The summed E-state index contributed by atoms with van der Waals surface area (Å²) < 4.78 is 15.4. The van der Waals surface area contributed by atoms with Crippen molar-refractivity contribution in [2.24, 2.45) is 0 Å². The number of urea groups is 1. The molecular weight excluding hydrogens is 437 g/mol. The molecule has 3 aromatic rings. The summed E-state index contributed by atoms with van der Waals surface area (Å²) in [4.78, 5) is 43.7. The molecule has 1 atom stereocenters. The van der Waals surface area contributed by atoms with Gasteiger partial charge in [0.2, 0.25) is 5.91 Å². The Morgan fingerprint density at radius 3 is 2.62 bits per heavy atom. The molecule has 0 radical (unpaired) electrons. The van der Waals surface area contributed by atoms with E-state index in [1.165, 1.54) is 12.1 Å². The number of carbonyl (C=O) groups excluding carboxylic acids is 3. The van der Waals surface area contributed by atoms with Crippen molar-refractivity contribution >= 4 is 28.9 Å². The van der Waals surface area contributed by atoms with Gasteiger partial charge in [-0.15, -0.1) is 0 Å². The molecule has 9 heteroatoms. The minimum Gasteiger partial charge on any atom is -0.347 e. The number of imidazole rings is 1. The quantitative estimate of drug-likeness (QED) is 0.526. The second-order valence-corrected chi connectivity index (χ2v) is 8.98. The fourth-order valence-corrected chi connectivity index (χ4v) is 4.96. The van der Waals surface area contributed by atoms with Crippen LogP contribution in [-0.4, -0.2) is 44.4 Å². The van der Waals surface area contributed by atoms with Crippen LogP contribution in [0.1, 0.15) is 43.7 Å². The highest BCUT2D eigenvalue weighted by atomic mass is 19.1. The Hall–Kier alpha value is -3.75. The lowest BCUT2D eigenvalue weighted by atomic mass is 9.98. The molecule has 0 bridgehead atoms. The first-order chi connectivity index (χ1) is 16.4. The van der Waals surface area contributed by atoms with Gasteiger partial charge in [-0.1, -0.05) is 37.1 Å². The van der Waals surface area contributed by atoms with Crippen LogP contribution in [0, 0.1) is 5.82 Å². The van der Waals surface area contributed by atoms with E-state index in [1.807, 2.05) is 28.8 Å². The molecule has 1 saturated heterocycles. The molecule has 1 aromatic heterocycles. The molecule has 1 aliphatic heterocycles. The second-order valence-electron chi connectivity index (χ2n) is 8.98. The number of rotatable bonds is 7. The fourth-order valence-electron chi connectivity index (χ4n) is 4.96. The van der Waals surface area contributed by atoms with Crippen LogP contribution in [0.15, 0.2) is 54.9 Å². The van der Waals surface area contributed by atoms with Gasteiger partial charge in [0.05, 0.1) is 23.4 Å². The van der Waals surface area contributed by atoms with Crippen molar-refractivity contribution < 1.29 is 18.8 Å². The molecule has 1 saturated carbocycles. The first-order valence-electron chi connectivity index (χ1n) is 11.5. The lowest BCUT2D eigenvalue weighted by Crippen LogP contribution is -2.44. The average molecular weight is 464 g/mol. The molecule has 4 amide bonds. The topological polar surface area (TPSA) is 96.3 Å². The highest BCUT2D eigenvalue weighted by Gasteiger charge is 2.52. The van der Waals surface area contributed by atoms with Crippen molar-refractivity contribution in [1.82, 2.24) is 25.1 Å². The maximum absolute atomic E-state index is 13.5. The zero-order valence-electron chi connectivity index (χ0n) is 18.7. The minimum atomic E-state index is -0.785.